The van der Waals surface area contributed by atoms with Gasteiger partial charge < -0.3 is 15.1 Å². The summed E-state index contributed by atoms with van der Waals surface area (Å²) in [6, 6.07) is 0.0967. The van der Waals surface area contributed by atoms with E-state index in [1.54, 1.807) is 11.8 Å². The third-order valence-electron chi connectivity index (χ3n) is 10.6. The molecule has 0 spiro atoms. The first-order valence-corrected chi connectivity index (χ1v) is 14.1. The average molecular weight is 494 g/mol. The first-order valence-electron chi connectivity index (χ1n) is 13.1. The van der Waals surface area contributed by atoms with Crippen LogP contribution in [0.1, 0.15) is 79.1 Å². The molecular formula is C27H43NO5S. The van der Waals surface area contributed by atoms with E-state index in [0.29, 0.717) is 18.1 Å². The van der Waals surface area contributed by atoms with Crippen LogP contribution in [0.2, 0.25) is 0 Å². The highest BCUT2D eigenvalue weighted by Crippen LogP contribution is 2.68. The van der Waals surface area contributed by atoms with Gasteiger partial charge in [0.1, 0.15) is 11.9 Å². The number of hydrogen-bond acceptors (Lipinski definition) is 7. The van der Waals surface area contributed by atoms with Crippen molar-refractivity contribution in [3.05, 3.63) is 12.7 Å². The van der Waals surface area contributed by atoms with Crippen LogP contribution in [0.3, 0.4) is 0 Å². The zero-order valence-electron chi connectivity index (χ0n) is 21.2. The Kier molecular flexibility index (Phi) is 7.34. The lowest BCUT2D eigenvalue weighted by Gasteiger charge is -2.61. The number of esters is 1. The standard InChI is InChI=1S/C27H43NO5S/c1-6-25(4)14-21(33-22(30)15-34-19-8-7-18(13-19)28-32)26(5)16(2)9-11-27(17(3)24(25)31)12-10-20(29)23(26)27/h6,16-19,21,23-24,28,31-32H,1,7-15H2,2-5H3/t16-,17-,18?,19?,21+,23-,24?,25+,26+,27?/m0/s1. The maximum absolute atomic E-state index is 13.4. The van der Waals surface area contributed by atoms with Gasteiger partial charge in [0.05, 0.1) is 11.9 Å². The van der Waals surface area contributed by atoms with Crippen LogP contribution in [0, 0.1) is 34.0 Å². The minimum Gasteiger partial charge on any atom is -0.461 e. The molecule has 0 aromatic rings. The lowest BCUT2D eigenvalue weighted by atomic mass is 9.44. The second kappa shape index (κ2) is 9.53. The molecule has 7 heteroatoms. The molecule has 0 aromatic carbocycles. The van der Waals surface area contributed by atoms with Crippen molar-refractivity contribution < 1.29 is 24.6 Å². The van der Waals surface area contributed by atoms with Crippen molar-refractivity contribution in [3.8, 4) is 0 Å². The van der Waals surface area contributed by atoms with E-state index in [9.17, 15) is 14.7 Å². The Morgan fingerprint density at radius 3 is 2.65 bits per heavy atom. The Morgan fingerprint density at radius 1 is 1.26 bits per heavy atom. The Morgan fingerprint density at radius 2 is 2.00 bits per heavy atom. The minimum absolute atomic E-state index is 0.0265. The van der Waals surface area contributed by atoms with E-state index in [2.05, 4.69) is 32.8 Å². The highest BCUT2D eigenvalue weighted by atomic mass is 32.2. The largest absolute Gasteiger partial charge is 0.461 e. The van der Waals surface area contributed by atoms with Gasteiger partial charge in [-0.1, -0.05) is 33.8 Å². The lowest BCUT2D eigenvalue weighted by Crippen LogP contribution is -2.63. The summed E-state index contributed by atoms with van der Waals surface area (Å²) in [5, 5.41) is 21.1. The molecular weight excluding hydrogens is 450 g/mol. The molecule has 4 rings (SSSR count). The molecule has 192 valence electrons. The second-order valence-corrected chi connectivity index (χ2v) is 13.4. The number of carbonyl (C=O) groups is 2. The Labute approximate surface area is 208 Å². The second-order valence-electron chi connectivity index (χ2n) is 12.1. The van der Waals surface area contributed by atoms with E-state index in [-0.39, 0.29) is 46.7 Å². The van der Waals surface area contributed by atoms with Crippen LogP contribution in [-0.4, -0.2) is 51.3 Å². The summed E-state index contributed by atoms with van der Waals surface area (Å²) < 4.78 is 6.30. The van der Waals surface area contributed by atoms with Crippen molar-refractivity contribution in [2.24, 2.45) is 34.0 Å². The lowest BCUT2D eigenvalue weighted by molar-refractivity contribution is -0.205. The summed E-state index contributed by atoms with van der Waals surface area (Å²) in [6.07, 6.45) is 7.18. The Balaban J connectivity index is 1.62. The Hall–Kier alpha value is -0.890. The van der Waals surface area contributed by atoms with E-state index in [1.165, 1.54) is 0 Å². The summed E-state index contributed by atoms with van der Waals surface area (Å²) in [6.45, 7) is 12.6. The maximum atomic E-state index is 13.4. The number of carbonyl (C=O) groups excluding carboxylic acids is 2. The fourth-order valence-electron chi connectivity index (χ4n) is 8.09. The predicted octanol–water partition coefficient (Wildman–Crippen LogP) is 4.53. The fourth-order valence-corrected chi connectivity index (χ4v) is 9.20. The van der Waals surface area contributed by atoms with E-state index in [0.717, 1.165) is 38.5 Å². The third-order valence-corrected chi connectivity index (χ3v) is 11.9. The third kappa shape index (κ3) is 4.08. The number of ether oxygens (including phenoxy) is 1. The van der Waals surface area contributed by atoms with Gasteiger partial charge in [-0.15, -0.1) is 18.3 Å². The number of hydrogen-bond donors (Lipinski definition) is 3. The molecule has 3 N–H and O–H groups in total. The number of aliphatic hydroxyl groups is 1. The normalized spacial score (nSPS) is 48.6. The van der Waals surface area contributed by atoms with E-state index in [1.807, 2.05) is 13.0 Å². The molecule has 0 saturated heterocycles. The molecule has 0 radical (unpaired) electrons. The molecule has 0 aliphatic heterocycles. The SMILES string of the molecule is C=C[C@]1(C)C[C@@H](OC(=O)CSC2CCC(NO)C2)[C@]2(C)[C@@H]3C(=O)CCC3(CC[C@@H]2C)[C@@H](C)C1O. The van der Waals surface area contributed by atoms with Gasteiger partial charge >= 0.3 is 5.97 Å². The number of nitrogens with one attached hydrogen (secondary N) is 1. The van der Waals surface area contributed by atoms with Gasteiger partial charge in [0.15, 0.2) is 0 Å². The van der Waals surface area contributed by atoms with Crippen molar-refractivity contribution in [1.29, 1.82) is 0 Å². The van der Waals surface area contributed by atoms with Gasteiger partial charge in [0.2, 0.25) is 0 Å². The van der Waals surface area contributed by atoms with Gasteiger partial charge in [0, 0.05) is 34.5 Å². The molecule has 10 atom stereocenters. The molecule has 4 aliphatic carbocycles. The molecule has 4 unspecified atom stereocenters. The summed E-state index contributed by atoms with van der Waals surface area (Å²) in [4.78, 5) is 26.6. The van der Waals surface area contributed by atoms with Crippen LogP contribution < -0.4 is 5.48 Å². The molecule has 4 aliphatic rings. The van der Waals surface area contributed by atoms with Crippen LogP contribution >= 0.6 is 11.8 Å². The molecule has 4 saturated carbocycles. The summed E-state index contributed by atoms with van der Waals surface area (Å²) >= 11 is 1.60. The van der Waals surface area contributed by atoms with Crippen LogP contribution in [0.25, 0.3) is 0 Å². The molecule has 4 fully saturated rings. The van der Waals surface area contributed by atoms with Crippen LogP contribution in [0.5, 0.6) is 0 Å². The molecule has 2 bridgehead atoms. The zero-order chi connectivity index (χ0) is 24.9. The van der Waals surface area contributed by atoms with Crippen molar-refractivity contribution in [1.82, 2.24) is 5.48 Å². The quantitative estimate of drug-likeness (QED) is 0.284. The minimum atomic E-state index is -0.645. The van der Waals surface area contributed by atoms with Gasteiger partial charge in [-0.05, 0) is 62.2 Å². The van der Waals surface area contributed by atoms with E-state index < -0.39 is 23.0 Å². The van der Waals surface area contributed by atoms with Crippen molar-refractivity contribution >= 4 is 23.5 Å². The number of rotatable bonds is 6. The zero-order valence-corrected chi connectivity index (χ0v) is 22.0. The molecule has 0 aromatic heterocycles. The highest BCUT2D eigenvalue weighted by molar-refractivity contribution is 8.00. The Bertz CT molecular complexity index is 821. The number of Topliss-reactive ketones (excluding diaryl/α,β-unsaturated/α-hetero) is 1. The smallest absolute Gasteiger partial charge is 0.316 e. The monoisotopic (exact) mass is 493 g/mol. The van der Waals surface area contributed by atoms with Gasteiger partial charge in [0.25, 0.3) is 0 Å². The predicted molar refractivity (Wildman–Crippen MR) is 133 cm³/mol. The maximum Gasteiger partial charge on any atom is 0.316 e. The highest BCUT2D eigenvalue weighted by Gasteiger charge is 2.68. The first kappa shape index (κ1) is 26.2. The summed E-state index contributed by atoms with van der Waals surface area (Å²) in [5.74, 6) is 0.304. The van der Waals surface area contributed by atoms with E-state index in [4.69, 9.17) is 9.94 Å². The molecule has 34 heavy (non-hydrogen) atoms. The van der Waals surface area contributed by atoms with Crippen molar-refractivity contribution in [3.63, 3.8) is 0 Å². The summed E-state index contributed by atoms with van der Waals surface area (Å²) in [7, 11) is 0. The number of aliphatic hydroxyl groups excluding tert-OH is 1. The summed E-state index contributed by atoms with van der Waals surface area (Å²) in [5.41, 5.74) is 1.02. The van der Waals surface area contributed by atoms with Crippen LogP contribution in [0.15, 0.2) is 12.7 Å². The average Bonchev–Trinajstić information content (AvgIpc) is 3.43. The molecule has 0 amide bonds. The molecule has 6 nitrogen and oxygen atoms in total. The first-order chi connectivity index (χ1) is 16.0. The van der Waals surface area contributed by atoms with Gasteiger partial charge in [-0.3, -0.25) is 9.59 Å². The molecule has 0 heterocycles. The van der Waals surface area contributed by atoms with Crippen molar-refractivity contribution in [2.75, 3.05) is 5.75 Å². The van der Waals surface area contributed by atoms with Crippen LogP contribution in [-0.2, 0) is 14.3 Å². The number of hydroxylamine groups is 1. The topological polar surface area (TPSA) is 95.9 Å². The van der Waals surface area contributed by atoms with Gasteiger partial charge in [-0.25, -0.2) is 5.48 Å². The van der Waals surface area contributed by atoms with Crippen molar-refractivity contribution in [2.45, 2.75) is 103 Å². The van der Waals surface area contributed by atoms with Gasteiger partial charge in [-0.2, -0.15) is 0 Å². The van der Waals surface area contributed by atoms with E-state index >= 15 is 0 Å². The fraction of sp³-hybridized carbons (Fsp3) is 0.852. The number of thioether (sulfide) groups is 1. The van der Waals surface area contributed by atoms with Crippen LogP contribution in [0.4, 0.5) is 0 Å². The number of ketones is 1.